The summed E-state index contributed by atoms with van der Waals surface area (Å²) in [5.41, 5.74) is -1.35. The van der Waals surface area contributed by atoms with Gasteiger partial charge < -0.3 is 10.2 Å². The van der Waals surface area contributed by atoms with E-state index in [2.05, 4.69) is 20.8 Å². The third-order valence-corrected chi connectivity index (χ3v) is 11.8. The Morgan fingerprint density at radius 3 is 2.31 bits per heavy atom. The number of hydrogen-bond acceptors (Lipinski definition) is 2. The van der Waals surface area contributed by atoms with Gasteiger partial charge in [0.15, 0.2) is 5.60 Å². The summed E-state index contributed by atoms with van der Waals surface area (Å²) in [6, 6.07) is 10.1. The highest BCUT2D eigenvalue weighted by Crippen LogP contribution is 2.69. The van der Waals surface area contributed by atoms with Gasteiger partial charge in [0.25, 0.3) is 0 Å². The smallest absolute Gasteiger partial charge is 0.389 e. The van der Waals surface area contributed by atoms with Crippen molar-refractivity contribution < 1.29 is 23.4 Å². The van der Waals surface area contributed by atoms with Crippen LogP contribution in [-0.2, 0) is 0 Å². The molecule has 5 rings (SSSR count). The fourth-order valence-corrected chi connectivity index (χ4v) is 9.59. The van der Waals surface area contributed by atoms with Crippen molar-refractivity contribution in [2.24, 2.45) is 46.3 Å². The fourth-order valence-electron chi connectivity index (χ4n) is 9.59. The number of hydrogen-bond donors (Lipinski definition) is 2. The minimum absolute atomic E-state index is 0.0513. The van der Waals surface area contributed by atoms with Crippen LogP contribution in [0.3, 0.4) is 0 Å². The molecule has 0 aromatic heterocycles. The molecule has 0 saturated heterocycles. The summed E-state index contributed by atoms with van der Waals surface area (Å²) in [5.74, 6) is 2.14. The summed E-state index contributed by atoms with van der Waals surface area (Å²) < 4.78 is 40.9. The summed E-state index contributed by atoms with van der Waals surface area (Å²) >= 11 is 0. The maximum absolute atomic E-state index is 13.6. The normalized spacial score (nSPS) is 44.5. The lowest BCUT2D eigenvalue weighted by Gasteiger charge is -2.62. The fraction of sp³-hybridized carbons (Fsp3) is 0.742. The first-order valence-corrected chi connectivity index (χ1v) is 14.1. The zero-order valence-electron chi connectivity index (χ0n) is 22.0. The van der Waals surface area contributed by atoms with Crippen LogP contribution in [0.1, 0.15) is 84.1 Å². The van der Waals surface area contributed by atoms with Gasteiger partial charge in [-0.15, -0.1) is 0 Å². The van der Waals surface area contributed by atoms with Crippen molar-refractivity contribution in [3.8, 4) is 0 Å². The van der Waals surface area contributed by atoms with E-state index >= 15 is 0 Å². The predicted molar refractivity (Wildman–Crippen MR) is 137 cm³/mol. The Balaban J connectivity index is 1.30. The van der Waals surface area contributed by atoms with Gasteiger partial charge in [-0.2, -0.15) is 13.2 Å². The van der Waals surface area contributed by atoms with Crippen LogP contribution in [0.5, 0.6) is 0 Å². The first-order valence-electron chi connectivity index (χ1n) is 14.1. The molecular formula is C31H43F3O2. The zero-order chi connectivity index (χ0) is 25.9. The summed E-state index contributed by atoms with van der Waals surface area (Å²) in [5, 5.41) is 21.5. The molecule has 2 nitrogen and oxygen atoms in total. The lowest BCUT2D eigenvalue weighted by molar-refractivity contribution is -0.290. The molecule has 4 aliphatic rings. The van der Waals surface area contributed by atoms with Crippen LogP contribution in [0.25, 0.3) is 6.08 Å². The Morgan fingerprint density at radius 1 is 0.917 bits per heavy atom. The van der Waals surface area contributed by atoms with Gasteiger partial charge in [-0.1, -0.05) is 63.3 Å². The molecule has 4 saturated carbocycles. The van der Waals surface area contributed by atoms with Crippen molar-refractivity contribution in [2.75, 3.05) is 0 Å². The lowest BCUT2D eigenvalue weighted by atomic mass is 9.43. The summed E-state index contributed by atoms with van der Waals surface area (Å²) in [7, 11) is 0. The maximum Gasteiger partial charge on any atom is 0.417 e. The van der Waals surface area contributed by atoms with Crippen LogP contribution in [0.2, 0.25) is 0 Å². The first kappa shape index (κ1) is 26.3. The molecule has 0 heterocycles. The Labute approximate surface area is 214 Å². The van der Waals surface area contributed by atoms with E-state index in [1.54, 1.807) is 0 Å². The molecule has 1 aromatic rings. The number of alkyl halides is 3. The van der Waals surface area contributed by atoms with Crippen molar-refractivity contribution >= 4 is 6.08 Å². The highest BCUT2D eigenvalue weighted by molar-refractivity contribution is 5.49. The van der Waals surface area contributed by atoms with E-state index in [1.165, 1.54) is 0 Å². The number of aliphatic hydroxyl groups is 2. The molecule has 36 heavy (non-hydrogen) atoms. The van der Waals surface area contributed by atoms with Gasteiger partial charge >= 0.3 is 6.18 Å². The van der Waals surface area contributed by atoms with E-state index in [0.29, 0.717) is 30.1 Å². The van der Waals surface area contributed by atoms with Crippen LogP contribution in [0.15, 0.2) is 36.4 Å². The molecule has 10 atom stereocenters. The van der Waals surface area contributed by atoms with Gasteiger partial charge in [-0.25, -0.2) is 0 Å². The molecule has 2 N–H and O–H groups in total. The summed E-state index contributed by atoms with van der Waals surface area (Å²) in [4.78, 5) is 0. The number of halogens is 3. The average Bonchev–Trinajstić information content (AvgIpc) is 3.19. The Hall–Kier alpha value is -1.33. The van der Waals surface area contributed by atoms with E-state index in [1.807, 2.05) is 42.5 Å². The van der Waals surface area contributed by atoms with Gasteiger partial charge in [0, 0.05) is 0 Å². The molecule has 0 aliphatic heterocycles. The molecule has 4 fully saturated rings. The Bertz CT molecular complexity index is 960. The number of rotatable bonds is 4. The van der Waals surface area contributed by atoms with E-state index in [4.69, 9.17) is 0 Å². The van der Waals surface area contributed by atoms with Crippen molar-refractivity contribution in [3.05, 3.63) is 42.0 Å². The third kappa shape index (κ3) is 4.17. The molecule has 0 amide bonds. The van der Waals surface area contributed by atoms with Gasteiger partial charge in [-0.05, 0) is 110 Å². The third-order valence-electron chi connectivity index (χ3n) is 11.8. The zero-order valence-corrected chi connectivity index (χ0v) is 22.0. The number of aliphatic hydroxyl groups excluding tert-OH is 1. The van der Waals surface area contributed by atoms with Crippen LogP contribution >= 0.6 is 0 Å². The van der Waals surface area contributed by atoms with Crippen molar-refractivity contribution in [1.82, 2.24) is 0 Å². The minimum Gasteiger partial charge on any atom is -0.389 e. The molecule has 5 heteroatoms. The lowest BCUT2D eigenvalue weighted by Crippen LogP contribution is -2.59. The van der Waals surface area contributed by atoms with Gasteiger partial charge in [0.2, 0.25) is 0 Å². The van der Waals surface area contributed by atoms with E-state index < -0.39 is 17.9 Å². The molecule has 1 aromatic carbocycles. The van der Waals surface area contributed by atoms with Gasteiger partial charge in [0.1, 0.15) is 0 Å². The maximum atomic E-state index is 13.6. The van der Waals surface area contributed by atoms with E-state index in [9.17, 15) is 23.4 Å². The largest absolute Gasteiger partial charge is 0.417 e. The van der Waals surface area contributed by atoms with Gasteiger partial charge in [-0.3, -0.25) is 0 Å². The van der Waals surface area contributed by atoms with E-state index in [0.717, 1.165) is 44.1 Å². The molecular weight excluding hydrogens is 461 g/mol. The summed E-state index contributed by atoms with van der Waals surface area (Å²) in [6.07, 6.45) is 5.33. The first-order chi connectivity index (χ1) is 16.9. The van der Waals surface area contributed by atoms with Crippen LogP contribution in [-0.4, -0.2) is 28.1 Å². The van der Waals surface area contributed by atoms with Crippen molar-refractivity contribution in [2.45, 2.75) is 96.4 Å². The second kappa shape index (κ2) is 9.15. The average molecular weight is 505 g/mol. The Kier molecular flexibility index (Phi) is 6.68. The predicted octanol–water partition coefficient (Wildman–Crippen LogP) is 7.65. The highest BCUT2D eigenvalue weighted by atomic mass is 19.4. The van der Waals surface area contributed by atoms with Crippen LogP contribution in [0, 0.1) is 46.3 Å². The molecule has 0 spiro atoms. The second-order valence-electron chi connectivity index (χ2n) is 13.2. The molecule has 0 unspecified atom stereocenters. The molecule has 4 aliphatic carbocycles. The highest BCUT2D eigenvalue weighted by Gasteiger charge is 2.65. The topological polar surface area (TPSA) is 40.5 Å². The van der Waals surface area contributed by atoms with Crippen molar-refractivity contribution in [1.29, 1.82) is 0 Å². The standard InChI is InChI=1S/C31H43F3O2/c1-20(27(35)14-9-21-7-5-4-6-8-21)24-12-13-25-23-11-10-22-19-30(36,31(32,33)34)18-17-28(22,2)26(23)15-16-29(24,25)3/h4-9,14,20,22-27,35-36H,10-13,15-19H2,1-3H3/b14-9+/t20-,22+,23+,24+,25+,26+,27-,28+,29-,30+/m1/s1. The van der Waals surface area contributed by atoms with E-state index in [-0.39, 0.29) is 35.5 Å². The SMILES string of the molecule is C[C@@H]([C@H](O)/C=C/c1ccccc1)[C@@H]1CC[C@H]2[C@@H]3CC[C@H]4C[C@](O)(C(F)(F)F)CC[C@]4(C)[C@H]3CC[C@]12C. The monoisotopic (exact) mass is 504 g/mol. The quantitative estimate of drug-likeness (QED) is 0.442. The van der Waals surface area contributed by atoms with Gasteiger partial charge in [0.05, 0.1) is 6.10 Å². The number of fused-ring (bicyclic) bond motifs is 5. The van der Waals surface area contributed by atoms with Crippen LogP contribution in [0.4, 0.5) is 13.2 Å². The molecule has 200 valence electrons. The molecule has 0 bridgehead atoms. The van der Waals surface area contributed by atoms with Crippen LogP contribution < -0.4 is 0 Å². The summed E-state index contributed by atoms with van der Waals surface area (Å²) in [6.45, 7) is 6.87. The molecule has 0 radical (unpaired) electrons. The second-order valence-corrected chi connectivity index (χ2v) is 13.2. The Morgan fingerprint density at radius 2 is 1.61 bits per heavy atom. The minimum atomic E-state index is -4.54. The van der Waals surface area contributed by atoms with Crippen molar-refractivity contribution in [3.63, 3.8) is 0 Å². The number of benzene rings is 1.